The molecule has 0 radical (unpaired) electrons. The second-order valence-corrected chi connectivity index (χ2v) is 5.54. The van der Waals surface area contributed by atoms with E-state index in [0.717, 1.165) is 42.0 Å². The molecule has 0 unspecified atom stereocenters. The molecular weight excluding hydrogens is 292 g/mol. The van der Waals surface area contributed by atoms with Crippen molar-refractivity contribution in [1.29, 1.82) is 0 Å². The largest absolute Gasteiger partial charge is 0.481 e. The van der Waals surface area contributed by atoms with E-state index in [2.05, 4.69) is 9.55 Å². The lowest BCUT2D eigenvalue weighted by Gasteiger charge is -2.27. The zero-order chi connectivity index (χ0) is 14.8. The van der Waals surface area contributed by atoms with E-state index in [0.29, 0.717) is 12.3 Å². The van der Waals surface area contributed by atoms with Crippen LogP contribution in [-0.2, 0) is 28.4 Å². The number of alkyl halides is 1. The summed E-state index contributed by atoms with van der Waals surface area (Å²) >= 11 is 5.99. The molecule has 1 fully saturated rings. The molecule has 2 heterocycles. The number of nitrogens with zero attached hydrogens (tertiary/aromatic N) is 2. The Morgan fingerprint density at radius 1 is 1.52 bits per heavy atom. The van der Waals surface area contributed by atoms with Gasteiger partial charge < -0.3 is 14.4 Å². The Hall–Kier alpha value is -1.59. The minimum atomic E-state index is -0.788. The third-order valence-corrected chi connectivity index (χ3v) is 4.06. The molecular formula is C15H17ClN2O3. The summed E-state index contributed by atoms with van der Waals surface area (Å²) in [5, 5.41) is 8.76. The van der Waals surface area contributed by atoms with Crippen LogP contribution in [0.2, 0.25) is 0 Å². The van der Waals surface area contributed by atoms with Crippen molar-refractivity contribution in [3.05, 3.63) is 29.6 Å². The molecule has 1 aromatic heterocycles. The van der Waals surface area contributed by atoms with Gasteiger partial charge in [0, 0.05) is 13.0 Å². The number of carboxylic acid groups (broad SMARTS) is 1. The summed E-state index contributed by atoms with van der Waals surface area (Å²) in [5.41, 5.74) is 2.88. The van der Waals surface area contributed by atoms with Crippen LogP contribution in [0.25, 0.3) is 11.0 Å². The van der Waals surface area contributed by atoms with Crippen molar-refractivity contribution in [2.75, 3.05) is 6.61 Å². The fraction of sp³-hybridized carbons (Fsp3) is 0.467. The second kappa shape index (κ2) is 6.03. The van der Waals surface area contributed by atoms with E-state index in [4.69, 9.17) is 21.4 Å². The fourth-order valence-electron chi connectivity index (χ4n) is 2.57. The normalized spacial score (nSPS) is 17.9. The Balaban J connectivity index is 1.89. The maximum atomic E-state index is 10.7. The van der Waals surface area contributed by atoms with Crippen LogP contribution in [0.3, 0.4) is 0 Å². The van der Waals surface area contributed by atoms with Crippen molar-refractivity contribution in [3.63, 3.8) is 0 Å². The highest BCUT2D eigenvalue weighted by Crippen LogP contribution is 2.23. The third kappa shape index (κ3) is 3.04. The van der Waals surface area contributed by atoms with Crippen LogP contribution in [0.5, 0.6) is 0 Å². The Kier molecular flexibility index (Phi) is 4.12. The Morgan fingerprint density at radius 2 is 2.33 bits per heavy atom. The molecule has 5 nitrogen and oxygen atoms in total. The summed E-state index contributed by atoms with van der Waals surface area (Å²) in [6.07, 6.45) is 1.96. The number of carboxylic acids is 1. The summed E-state index contributed by atoms with van der Waals surface area (Å²) in [5.74, 6) is 0.396. The molecule has 6 heteroatoms. The molecule has 2 aromatic rings. The molecule has 1 N–H and O–H groups in total. The number of fused-ring (bicyclic) bond motifs is 1. The number of imidazole rings is 1. The predicted molar refractivity (Wildman–Crippen MR) is 79.6 cm³/mol. The molecule has 1 atom stereocenters. The van der Waals surface area contributed by atoms with Crippen LogP contribution in [-0.4, -0.2) is 33.3 Å². The van der Waals surface area contributed by atoms with Gasteiger partial charge in [0.25, 0.3) is 0 Å². The van der Waals surface area contributed by atoms with Gasteiger partial charge in [-0.15, -0.1) is 11.6 Å². The standard InChI is InChI=1S/C15H17ClN2O3/c16-8-14-17-12-7-10(2-4-15(19)20)1-3-13(12)18(14)9-11-5-6-21-11/h1,3,7,11H,2,4-6,8-9H2,(H,19,20)/t11-/m0/s1. The Morgan fingerprint density at radius 3 is 2.95 bits per heavy atom. The molecule has 3 rings (SSSR count). The molecule has 0 saturated carbocycles. The number of carbonyl (C=O) groups is 1. The van der Waals surface area contributed by atoms with Crippen LogP contribution < -0.4 is 0 Å². The monoisotopic (exact) mass is 308 g/mol. The van der Waals surface area contributed by atoms with Gasteiger partial charge in [-0.3, -0.25) is 4.79 Å². The van der Waals surface area contributed by atoms with Crippen LogP contribution >= 0.6 is 11.6 Å². The highest BCUT2D eigenvalue weighted by atomic mass is 35.5. The molecule has 0 bridgehead atoms. The fourth-order valence-corrected chi connectivity index (χ4v) is 2.77. The van der Waals surface area contributed by atoms with Gasteiger partial charge in [-0.25, -0.2) is 4.98 Å². The smallest absolute Gasteiger partial charge is 0.303 e. The average molecular weight is 309 g/mol. The van der Waals surface area contributed by atoms with Crippen molar-refractivity contribution in [3.8, 4) is 0 Å². The molecule has 21 heavy (non-hydrogen) atoms. The number of hydrogen-bond donors (Lipinski definition) is 1. The van der Waals surface area contributed by atoms with Gasteiger partial charge in [-0.2, -0.15) is 0 Å². The zero-order valence-corrected chi connectivity index (χ0v) is 12.3. The summed E-state index contributed by atoms with van der Waals surface area (Å²) in [4.78, 5) is 15.2. The first-order valence-electron chi connectivity index (χ1n) is 7.05. The van der Waals surface area contributed by atoms with Crippen LogP contribution in [0.1, 0.15) is 24.2 Å². The van der Waals surface area contributed by atoms with Crippen molar-refractivity contribution in [1.82, 2.24) is 9.55 Å². The van der Waals surface area contributed by atoms with Gasteiger partial charge in [0.05, 0.1) is 29.6 Å². The summed E-state index contributed by atoms with van der Waals surface area (Å²) in [6, 6.07) is 5.91. The number of aryl methyl sites for hydroxylation is 1. The summed E-state index contributed by atoms with van der Waals surface area (Å²) in [7, 11) is 0. The Bertz CT molecular complexity index is 664. The molecule has 1 aromatic carbocycles. The lowest BCUT2D eigenvalue weighted by molar-refractivity contribution is -0.136. The van der Waals surface area contributed by atoms with Crippen molar-refractivity contribution >= 4 is 28.6 Å². The minimum absolute atomic E-state index is 0.129. The molecule has 1 aliphatic heterocycles. The summed E-state index contributed by atoms with van der Waals surface area (Å²) in [6.45, 7) is 1.60. The first-order chi connectivity index (χ1) is 10.2. The SMILES string of the molecule is O=C(O)CCc1ccc2c(c1)nc(CCl)n2C[C@@H]1CCO1. The molecule has 1 aliphatic rings. The van der Waals surface area contributed by atoms with Crippen LogP contribution in [0.4, 0.5) is 0 Å². The minimum Gasteiger partial charge on any atom is -0.481 e. The molecule has 0 spiro atoms. The molecule has 112 valence electrons. The van der Waals surface area contributed by atoms with Gasteiger partial charge in [0.1, 0.15) is 5.82 Å². The number of aliphatic carboxylic acids is 1. The average Bonchev–Trinajstić information content (AvgIpc) is 2.77. The van der Waals surface area contributed by atoms with Gasteiger partial charge in [0.2, 0.25) is 0 Å². The quantitative estimate of drug-likeness (QED) is 0.833. The number of ether oxygens (including phenoxy) is 1. The second-order valence-electron chi connectivity index (χ2n) is 5.27. The maximum absolute atomic E-state index is 10.7. The van der Waals surface area contributed by atoms with Crippen molar-refractivity contribution in [2.24, 2.45) is 0 Å². The van der Waals surface area contributed by atoms with Crippen molar-refractivity contribution in [2.45, 2.75) is 37.8 Å². The van der Waals surface area contributed by atoms with Crippen molar-refractivity contribution < 1.29 is 14.6 Å². The maximum Gasteiger partial charge on any atom is 0.303 e. The lowest BCUT2D eigenvalue weighted by Crippen LogP contribution is -2.31. The van der Waals surface area contributed by atoms with E-state index in [-0.39, 0.29) is 12.5 Å². The van der Waals surface area contributed by atoms with Crippen LogP contribution in [0.15, 0.2) is 18.2 Å². The highest BCUT2D eigenvalue weighted by molar-refractivity contribution is 6.16. The zero-order valence-electron chi connectivity index (χ0n) is 11.6. The van der Waals surface area contributed by atoms with E-state index >= 15 is 0 Å². The van der Waals surface area contributed by atoms with E-state index in [1.54, 1.807) is 0 Å². The van der Waals surface area contributed by atoms with E-state index < -0.39 is 5.97 Å². The summed E-state index contributed by atoms with van der Waals surface area (Å²) < 4.78 is 7.59. The molecule has 0 amide bonds. The number of halogens is 1. The predicted octanol–water partition coefficient (Wildman–Crippen LogP) is 2.58. The van der Waals surface area contributed by atoms with E-state index in [1.807, 2.05) is 18.2 Å². The van der Waals surface area contributed by atoms with Gasteiger partial charge in [-0.05, 0) is 30.5 Å². The topological polar surface area (TPSA) is 64.3 Å². The highest BCUT2D eigenvalue weighted by Gasteiger charge is 2.21. The van der Waals surface area contributed by atoms with Gasteiger partial charge in [-0.1, -0.05) is 6.07 Å². The number of benzene rings is 1. The Labute approximate surface area is 127 Å². The molecule has 0 aliphatic carbocycles. The van der Waals surface area contributed by atoms with E-state index in [9.17, 15) is 4.79 Å². The first kappa shape index (κ1) is 14.4. The van der Waals surface area contributed by atoms with Gasteiger partial charge in [0.15, 0.2) is 0 Å². The first-order valence-corrected chi connectivity index (χ1v) is 7.58. The number of aromatic nitrogens is 2. The number of rotatable bonds is 6. The van der Waals surface area contributed by atoms with E-state index in [1.165, 1.54) is 0 Å². The number of hydrogen-bond acceptors (Lipinski definition) is 3. The van der Waals surface area contributed by atoms with Crippen LogP contribution in [0, 0.1) is 0 Å². The molecule has 1 saturated heterocycles. The lowest BCUT2D eigenvalue weighted by atomic mass is 10.1. The third-order valence-electron chi connectivity index (χ3n) is 3.82. The van der Waals surface area contributed by atoms with Gasteiger partial charge >= 0.3 is 5.97 Å².